The summed E-state index contributed by atoms with van der Waals surface area (Å²) in [4.78, 5) is 0. The Bertz CT molecular complexity index is 254. The van der Waals surface area contributed by atoms with E-state index in [4.69, 9.17) is 15.3 Å². The van der Waals surface area contributed by atoms with Gasteiger partial charge in [0.2, 0.25) is 0 Å². The minimum atomic E-state index is 0.0187. The van der Waals surface area contributed by atoms with Gasteiger partial charge in [-0.3, -0.25) is 11.3 Å². The molecule has 3 N–H and O–H groups in total. The summed E-state index contributed by atoms with van der Waals surface area (Å²) in [7, 11) is 0. The van der Waals surface area contributed by atoms with Crippen molar-refractivity contribution < 1.29 is 9.47 Å². The SMILES string of the molecule is CCOCC(COc1ccccc1)NN. The second-order valence-corrected chi connectivity index (χ2v) is 3.15. The molecular weight excluding hydrogens is 192 g/mol. The van der Waals surface area contributed by atoms with Crippen LogP contribution in [-0.2, 0) is 4.74 Å². The monoisotopic (exact) mass is 210 g/mol. The van der Waals surface area contributed by atoms with Gasteiger partial charge in [0, 0.05) is 6.61 Å². The number of hydrogen-bond acceptors (Lipinski definition) is 4. The molecular formula is C11H18N2O2. The molecule has 0 aromatic heterocycles. The molecule has 1 aromatic carbocycles. The smallest absolute Gasteiger partial charge is 0.119 e. The van der Waals surface area contributed by atoms with E-state index in [1.165, 1.54) is 0 Å². The van der Waals surface area contributed by atoms with Crippen molar-refractivity contribution in [2.45, 2.75) is 13.0 Å². The number of para-hydroxylation sites is 1. The Morgan fingerprint density at radius 3 is 2.60 bits per heavy atom. The Hall–Kier alpha value is -1.10. The van der Waals surface area contributed by atoms with E-state index < -0.39 is 0 Å². The molecule has 84 valence electrons. The van der Waals surface area contributed by atoms with E-state index >= 15 is 0 Å². The second-order valence-electron chi connectivity index (χ2n) is 3.15. The first-order valence-corrected chi connectivity index (χ1v) is 5.08. The first kappa shape index (κ1) is 12.0. The molecule has 4 heteroatoms. The van der Waals surface area contributed by atoms with Crippen LogP contribution in [0.3, 0.4) is 0 Å². The fourth-order valence-electron chi connectivity index (χ4n) is 1.12. The van der Waals surface area contributed by atoms with E-state index in [1.54, 1.807) is 0 Å². The number of ether oxygens (including phenoxy) is 2. The summed E-state index contributed by atoms with van der Waals surface area (Å²) in [6, 6.07) is 9.66. The first-order chi connectivity index (χ1) is 7.36. The molecule has 4 nitrogen and oxygen atoms in total. The van der Waals surface area contributed by atoms with Gasteiger partial charge in [-0.1, -0.05) is 18.2 Å². The standard InChI is InChI=1S/C11H18N2O2/c1-2-14-8-10(13-12)9-15-11-6-4-3-5-7-11/h3-7,10,13H,2,8-9,12H2,1H3. The molecule has 0 aliphatic heterocycles. The third-order valence-electron chi connectivity index (χ3n) is 1.95. The van der Waals surface area contributed by atoms with Crippen molar-refractivity contribution in [1.82, 2.24) is 5.43 Å². The van der Waals surface area contributed by atoms with E-state index in [9.17, 15) is 0 Å². The highest BCUT2D eigenvalue weighted by atomic mass is 16.5. The molecule has 0 heterocycles. The van der Waals surface area contributed by atoms with Crippen molar-refractivity contribution in [3.63, 3.8) is 0 Å². The Balaban J connectivity index is 2.28. The van der Waals surface area contributed by atoms with Crippen LogP contribution >= 0.6 is 0 Å². The second kappa shape index (κ2) is 7.23. The summed E-state index contributed by atoms with van der Waals surface area (Å²) in [5.41, 5.74) is 2.66. The number of nitrogens with two attached hydrogens (primary N) is 1. The van der Waals surface area contributed by atoms with Crippen LogP contribution < -0.4 is 16.0 Å². The zero-order chi connectivity index (χ0) is 10.9. The Labute approximate surface area is 90.3 Å². The van der Waals surface area contributed by atoms with E-state index in [0.29, 0.717) is 19.8 Å². The number of hydrogen-bond donors (Lipinski definition) is 2. The third-order valence-corrected chi connectivity index (χ3v) is 1.95. The summed E-state index contributed by atoms with van der Waals surface area (Å²) in [6.07, 6.45) is 0. The topological polar surface area (TPSA) is 56.5 Å². The molecule has 1 rings (SSSR count). The summed E-state index contributed by atoms with van der Waals surface area (Å²) in [5.74, 6) is 6.21. The Morgan fingerprint density at radius 1 is 1.27 bits per heavy atom. The average molecular weight is 210 g/mol. The minimum Gasteiger partial charge on any atom is -0.492 e. The average Bonchev–Trinajstić information content (AvgIpc) is 2.31. The molecule has 0 aliphatic rings. The van der Waals surface area contributed by atoms with E-state index in [0.717, 1.165) is 5.75 Å². The van der Waals surface area contributed by atoms with Crippen LogP contribution in [0.4, 0.5) is 0 Å². The number of rotatable bonds is 7. The number of benzene rings is 1. The lowest BCUT2D eigenvalue weighted by atomic mass is 10.3. The van der Waals surface area contributed by atoms with Crippen LogP contribution in [0.15, 0.2) is 30.3 Å². The summed E-state index contributed by atoms with van der Waals surface area (Å²) >= 11 is 0. The summed E-state index contributed by atoms with van der Waals surface area (Å²) in [6.45, 7) is 3.69. The third kappa shape index (κ3) is 4.78. The van der Waals surface area contributed by atoms with E-state index in [2.05, 4.69) is 5.43 Å². The van der Waals surface area contributed by atoms with E-state index in [1.807, 2.05) is 37.3 Å². The lowest BCUT2D eigenvalue weighted by Gasteiger charge is -2.16. The zero-order valence-electron chi connectivity index (χ0n) is 8.98. The predicted molar refractivity (Wildman–Crippen MR) is 59.5 cm³/mol. The van der Waals surface area contributed by atoms with Crippen molar-refractivity contribution in [1.29, 1.82) is 0 Å². The highest BCUT2D eigenvalue weighted by molar-refractivity contribution is 5.20. The van der Waals surface area contributed by atoms with Gasteiger partial charge in [0.15, 0.2) is 0 Å². The molecule has 0 fully saturated rings. The molecule has 1 atom stereocenters. The summed E-state index contributed by atoms with van der Waals surface area (Å²) < 4.78 is 10.8. The van der Waals surface area contributed by atoms with Crippen molar-refractivity contribution in [2.24, 2.45) is 5.84 Å². The van der Waals surface area contributed by atoms with Crippen LogP contribution in [0.25, 0.3) is 0 Å². The molecule has 0 spiro atoms. The highest BCUT2D eigenvalue weighted by Crippen LogP contribution is 2.08. The fraction of sp³-hybridized carbons (Fsp3) is 0.455. The van der Waals surface area contributed by atoms with Gasteiger partial charge in [0.1, 0.15) is 12.4 Å². The molecule has 0 amide bonds. The van der Waals surface area contributed by atoms with Gasteiger partial charge in [0.05, 0.1) is 12.6 Å². The normalized spacial score (nSPS) is 12.4. The van der Waals surface area contributed by atoms with Crippen LogP contribution in [0.1, 0.15) is 6.92 Å². The Kier molecular flexibility index (Phi) is 5.77. The van der Waals surface area contributed by atoms with Crippen molar-refractivity contribution >= 4 is 0 Å². The van der Waals surface area contributed by atoms with Crippen LogP contribution in [0.2, 0.25) is 0 Å². The molecule has 0 radical (unpaired) electrons. The van der Waals surface area contributed by atoms with Crippen LogP contribution in [0, 0.1) is 0 Å². The van der Waals surface area contributed by atoms with Gasteiger partial charge in [-0.25, -0.2) is 0 Å². The number of nitrogens with one attached hydrogen (secondary N) is 1. The zero-order valence-corrected chi connectivity index (χ0v) is 8.98. The first-order valence-electron chi connectivity index (χ1n) is 5.08. The van der Waals surface area contributed by atoms with Gasteiger partial charge in [-0.15, -0.1) is 0 Å². The highest BCUT2D eigenvalue weighted by Gasteiger charge is 2.06. The van der Waals surface area contributed by atoms with Crippen LogP contribution in [-0.4, -0.2) is 25.9 Å². The maximum Gasteiger partial charge on any atom is 0.119 e. The van der Waals surface area contributed by atoms with Gasteiger partial charge in [-0.2, -0.15) is 0 Å². The number of hydrazine groups is 1. The Morgan fingerprint density at radius 2 is 2.00 bits per heavy atom. The quantitative estimate of drug-likeness (QED) is 0.519. The molecule has 15 heavy (non-hydrogen) atoms. The van der Waals surface area contributed by atoms with Gasteiger partial charge >= 0.3 is 0 Å². The van der Waals surface area contributed by atoms with Gasteiger partial charge in [0.25, 0.3) is 0 Å². The maximum atomic E-state index is 5.53. The predicted octanol–water partition coefficient (Wildman–Crippen LogP) is 0.934. The molecule has 0 saturated carbocycles. The molecule has 0 bridgehead atoms. The molecule has 0 saturated heterocycles. The fourth-order valence-corrected chi connectivity index (χ4v) is 1.12. The molecule has 1 aromatic rings. The van der Waals surface area contributed by atoms with Gasteiger partial charge < -0.3 is 9.47 Å². The summed E-state index contributed by atoms with van der Waals surface area (Å²) in [5, 5.41) is 0. The van der Waals surface area contributed by atoms with Crippen molar-refractivity contribution in [3.05, 3.63) is 30.3 Å². The van der Waals surface area contributed by atoms with E-state index in [-0.39, 0.29) is 6.04 Å². The minimum absolute atomic E-state index is 0.0187. The largest absolute Gasteiger partial charge is 0.492 e. The maximum absolute atomic E-state index is 5.53. The van der Waals surface area contributed by atoms with Crippen LogP contribution in [0.5, 0.6) is 5.75 Å². The van der Waals surface area contributed by atoms with Gasteiger partial charge in [-0.05, 0) is 19.1 Å². The molecule has 1 unspecified atom stereocenters. The van der Waals surface area contributed by atoms with Crippen molar-refractivity contribution in [2.75, 3.05) is 19.8 Å². The molecule has 0 aliphatic carbocycles. The van der Waals surface area contributed by atoms with Crippen molar-refractivity contribution in [3.8, 4) is 5.75 Å². The lowest BCUT2D eigenvalue weighted by Crippen LogP contribution is -2.43. The lowest BCUT2D eigenvalue weighted by molar-refractivity contribution is 0.103.